The summed E-state index contributed by atoms with van der Waals surface area (Å²) < 4.78 is 21.4. The van der Waals surface area contributed by atoms with Gasteiger partial charge in [0.1, 0.15) is 0 Å². The molecule has 0 spiro atoms. The van der Waals surface area contributed by atoms with Crippen molar-refractivity contribution in [3.8, 4) is 0 Å². The summed E-state index contributed by atoms with van der Waals surface area (Å²) in [5.41, 5.74) is 7.01. The number of carbonyl (C=O) groups is 1. The number of hydrogen-bond donors (Lipinski definition) is 1. The molecule has 6 rings (SSSR count). The van der Waals surface area contributed by atoms with Gasteiger partial charge in [0.15, 0.2) is 6.29 Å². The van der Waals surface area contributed by atoms with Crippen LogP contribution in [0.3, 0.4) is 0 Å². The van der Waals surface area contributed by atoms with Crippen molar-refractivity contribution >= 4 is 28.1 Å². The summed E-state index contributed by atoms with van der Waals surface area (Å²) in [6.07, 6.45) is 5.73. The maximum absolute atomic E-state index is 10.9. The molecule has 0 amide bonds. The molecular formula is C24H25FMnN2O4. The Morgan fingerprint density at radius 2 is 1.41 bits per heavy atom. The van der Waals surface area contributed by atoms with Crippen LogP contribution < -0.4 is 0 Å². The summed E-state index contributed by atoms with van der Waals surface area (Å²) in [6.45, 7) is 2.31. The van der Waals surface area contributed by atoms with Crippen molar-refractivity contribution in [3.63, 3.8) is 0 Å². The third-order valence-corrected chi connectivity index (χ3v) is 6.05. The zero-order valence-corrected chi connectivity index (χ0v) is 18.7. The fourth-order valence-electron chi connectivity index (χ4n) is 4.85. The third-order valence-electron chi connectivity index (χ3n) is 6.05. The van der Waals surface area contributed by atoms with Crippen molar-refractivity contribution in [2.75, 3.05) is 0 Å². The summed E-state index contributed by atoms with van der Waals surface area (Å²) in [4.78, 5) is 10.9. The van der Waals surface area contributed by atoms with Crippen LogP contribution >= 0.6 is 0 Å². The molecule has 2 aliphatic heterocycles. The van der Waals surface area contributed by atoms with Crippen LogP contribution in [0, 0.1) is 0 Å². The van der Waals surface area contributed by atoms with Gasteiger partial charge in [-0.25, -0.2) is 0 Å². The van der Waals surface area contributed by atoms with E-state index in [0.717, 1.165) is 42.4 Å². The Bertz CT molecular complexity index is 1290. The number of rotatable bonds is 2. The van der Waals surface area contributed by atoms with Gasteiger partial charge in [0.25, 0.3) is 0 Å². The first kappa shape index (κ1) is 23.9. The normalized spacial score (nSPS) is 13.3. The summed E-state index contributed by atoms with van der Waals surface area (Å²) >= 11 is -1.44. The first-order valence-corrected chi connectivity index (χ1v) is 11.3. The minimum absolute atomic E-state index is 0. The topological polar surface area (TPSA) is 81.3 Å². The van der Waals surface area contributed by atoms with E-state index in [0.29, 0.717) is 0 Å². The average molecular weight is 479 g/mol. The van der Waals surface area contributed by atoms with Crippen LogP contribution in [0.15, 0.2) is 48.5 Å². The number of nitrogens with zero attached hydrogens (tertiary/aromatic N) is 2. The van der Waals surface area contributed by atoms with Crippen molar-refractivity contribution in [3.05, 3.63) is 71.0 Å². The monoisotopic (exact) mass is 479 g/mol. The van der Waals surface area contributed by atoms with E-state index >= 15 is 0 Å². The number of carbonyl (C=O) groups excluding carboxylic acids is 1. The zero-order valence-electron chi connectivity index (χ0n) is 17.5. The molecular weight excluding hydrogens is 454 g/mol. The molecule has 0 bridgehead atoms. The van der Waals surface area contributed by atoms with E-state index in [1.54, 1.807) is 0 Å². The van der Waals surface area contributed by atoms with Crippen molar-refractivity contribution in [2.45, 2.75) is 45.4 Å². The Morgan fingerprint density at radius 1 is 0.875 bits per heavy atom. The molecule has 6 nitrogen and oxygen atoms in total. The third kappa shape index (κ3) is 4.39. The van der Waals surface area contributed by atoms with E-state index in [1.807, 2.05) is 24.3 Å². The summed E-state index contributed by atoms with van der Waals surface area (Å²) in [7, 11) is 0. The van der Waals surface area contributed by atoms with Crippen LogP contribution in [0.25, 0.3) is 21.8 Å². The van der Waals surface area contributed by atoms with E-state index in [9.17, 15) is 9.90 Å². The number of benzene rings is 2. The summed E-state index contributed by atoms with van der Waals surface area (Å²) in [5.74, 6) is 0. The van der Waals surface area contributed by atoms with Gasteiger partial charge >= 0.3 is 22.5 Å². The van der Waals surface area contributed by atoms with Crippen molar-refractivity contribution < 1.29 is 37.1 Å². The summed E-state index contributed by atoms with van der Waals surface area (Å²) in [5, 5.41) is 11.7. The molecule has 32 heavy (non-hydrogen) atoms. The van der Waals surface area contributed by atoms with E-state index in [2.05, 4.69) is 33.4 Å². The molecule has 1 N–H and O–H groups in total. The van der Waals surface area contributed by atoms with Gasteiger partial charge in [-0.05, 0) is 43.9 Å². The van der Waals surface area contributed by atoms with Gasteiger partial charge in [0, 0.05) is 46.4 Å². The predicted molar refractivity (Wildman–Crippen MR) is 116 cm³/mol. The summed E-state index contributed by atoms with van der Waals surface area (Å²) in [6, 6.07) is 16.5. The Morgan fingerprint density at radius 3 is 1.97 bits per heavy atom. The van der Waals surface area contributed by atoms with Crippen molar-refractivity contribution in [1.29, 1.82) is 0 Å². The Hall–Kier alpha value is -2.80. The first-order valence-electron chi connectivity index (χ1n) is 10.4. The molecule has 0 saturated carbocycles. The van der Waals surface area contributed by atoms with Gasteiger partial charge in [-0.2, -0.15) is 0 Å². The molecule has 2 aromatic carbocycles. The second-order valence-corrected chi connectivity index (χ2v) is 7.96. The van der Waals surface area contributed by atoms with Crippen LogP contribution in [0.4, 0.5) is 4.70 Å². The number of para-hydroxylation sites is 2. The van der Waals surface area contributed by atoms with Gasteiger partial charge < -0.3 is 14.2 Å². The number of aromatic nitrogens is 2. The number of fused-ring (bicyclic) bond motifs is 6. The van der Waals surface area contributed by atoms with E-state index < -0.39 is 14.8 Å². The average Bonchev–Trinajstić information content (AvgIpc) is 3.54. The molecule has 8 heteroatoms. The Kier molecular flexibility index (Phi) is 7.96. The zero-order chi connectivity index (χ0) is 21.8. The first-order chi connectivity index (χ1) is 15.2. The molecule has 2 aromatic heterocycles. The molecule has 4 heterocycles. The fraction of sp³-hybridized carbons (Fsp3) is 0.292. The van der Waals surface area contributed by atoms with Gasteiger partial charge in [-0.3, -0.25) is 9.50 Å². The van der Waals surface area contributed by atoms with Gasteiger partial charge in [0.05, 0.1) is 17.6 Å². The maximum atomic E-state index is 10.9. The molecule has 0 saturated heterocycles. The SMILES string of the molecule is F.O=Cc1cccc2cc3n(c12)CCC3.OCc1cccc2cc3n(c12)CCC3.[O]=[Mn]=[O]. The van der Waals surface area contributed by atoms with Gasteiger partial charge in [-0.15, -0.1) is 0 Å². The van der Waals surface area contributed by atoms with E-state index in [1.165, 1.54) is 46.9 Å². The second kappa shape index (κ2) is 10.7. The van der Waals surface area contributed by atoms with Crippen molar-refractivity contribution in [2.24, 2.45) is 0 Å². The van der Waals surface area contributed by atoms with Gasteiger partial charge in [0.2, 0.25) is 0 Å². The molecule has 2 aliphatic rings. The molecule has 0 unspecified atom stereocenters. The minimum atomic E-state index is -1.44. The number of halogens is 1. The Labute approximate surface area is 190 Å². The number of aryl methyl sites for hydroxylation is 4. The molecule has 0 fully saturated rings. The van der Waals surface area contributed by atoms with Crippen LogP contribution in [-0.2, 0) is 55.0 Å². The van der Waals surface area contributed by atoms with E-state index in [4.69, 9.17) is 7.67 Å². The fourth-order valence-corrected chi connectivity index (χ4v) is 4.85. The van der Waals surface area contributed by atoms with Crippen LogP contribution in [0.1, 0.15) is 40.2 Å². The standard InChI is InChI=1S/C12H13NO.C12H11NO.FH.Mn.2O/c2*14-8-10-4-1-3-9-7-11-5-2-6-13(11)12(9)10;;;;/h1,3-4,7,14H,2,5-6,8H2;1,3-4,7-8H,2,5-6H2;1H;;;. The molecule has 0 radical (unpaired) electrons. The van der Waals surface area contributed by atoms with Crippen LogP contribution in [-0.4, -0.2) is 20.5 Å². The quantitative estimate of drug-likeness (QED) is 0.342. The van der Waals surface area contributed by atoms with Gasteiger partial charge in [-0.1, -0.05) is 30.3 Å². The van der Waals surface area contributed by atoms with Crippen LogP contribution in [0.2, 0.25) is 0 Å². The number of aliphatic hydroxyl groups excluding tert-OH is 1. The molecule has 4 aromatic rings. The van der Waals surface area contributed by atoms with E-state index in [-0.39, 0.29) is 11.3 Å². The van der Waals surface area contributed by atoms with Crippen molar-refractivity contribution in [1.82, 2.24) is 9.13 Å². The van der Waals surface area contributed by atoms with Crippen LogP contribution in [0.5, 0.6) is 0 Å². The Balaban J connectivity index is 0.000000157. The molecule has 0 atom stereocenters. The second-order valence-electron chi connectivity index (χ2n) is 7.76. The molecule has 0 aliphatic carbocycles. The predicted octanol–water partition coefficient (Wildman–Crippen LogP) is 4.39. The molecule has 169 valence electrons. The number of aldehydes is 1. The number of hydrogen-bond acceptors (Lipinski definition) is 4. The number of aliphatic hydroxyl groups is 1.